The van der Waals surface area contributed by atoms with E-state index in [1.807, 2.05) is 12.1 Å². The molecular formula is C17H15IN2O4. The van der Waals surface area contributed by atoms with Crippen LogP contribution in [0.1, 0.15) is 20.7 Å². The first-order valence-corrected chi connectivity index (χ1v) is 8.10. The van der Waals surface area contributed by atoms with Gasteiger partial charge in [0.15, 0.2) is 0 Å². The second-order valence-electron chi connectivity index (χ2n) is 4.77. The molecule has 0 spiro atoms. The average Bonchev–Trinajstić information content (AvgIpc) is 2.60. The lowest BCUT2D eigenvalue weighted by Gasteiger charge is -2.08. The third-order valence-corrected chi connectivity index (χ3v) is 4.09. The number of hydrogen-bond acceptors (Lipinski definition) is 4. The van der Waals surface area contributed by atoms with Crippen LogP contribution >= 0.6 is 22.6 Å². The minimum absolute atomic E-state index is 0.194. The number of halogens is 1. The summed E-state index contributed by atoms with van der Waals surface area (Å²) >= 11 is 2.10. The van der Waals surface area contributed by atoms with Crippen molar-refractivity contribution in [2.45, 2.75) is 0 Å². The molecular weight excluding hydrogens is 423 g/mol. The van der Waals surface area contributed by atoms with Gasteiger partial charge in [-0.25, -0.2) is 0 Å². The van der Waals surface area contributed by atoms with E-state index in [1.54, 1.807) is 36.4 Å². The molecule has 2 aromatic carbocycles. The van der Waals surface area contributed by atoms with Crippen LogP contribution in [-0.4, -0.2) is 31.4 Å². The lowest BCUT2D eigenvalue weighted by molar-refractivity contribution is -0.139. The lowest BCUT2D eigenvalue weighted by atomic mass is 10.1. The number of ether oxygens (including phenoxy) is 1. The summed E-state index contributed by atoms with van der Waals surface area (Å²) in [5.74, 6) is -1.14. The predicted octanol–water partition coefficient (Wildman–Crippen LogP) is 2.45. The zero-order valence-electron chi connectivity index (χ0n) is 12.8. The van der Waals surface area contributed by atoms with Crippen molar-refractivity contribution in [3.05, 3.63) is 63.2 Å². The van der Waals surface area contributed by atoms with Crippen molar-refractivity contribution < 1.29 is 19.1 Å². The molecule has 0 atom stereocenters. The molecule has 0 saturated carbocycles. The van der Waals surface area contributed by atoms with Gasteiger partial charge in [0.25, 0.3) is 11.8 Å². The van der Waals surface area contributed by atoms with Crippen LogP contribution < -0.4 is 10.6 Å². The minimum Gasteiger partial charge on any atom is -0.468 e. The van der Waals surface area contributed by atoms with Gasteiger partial charge < -0.3 is 15.4 Å². The SMILES string of the molecule is COC(=O)CNC(=O)c1ccc(NC(=O)c2ccccc2I)cc1. The number of benzene rings is 2. The summed E-state index contributed by atoms with van der Waals surface area (Å²) < 4.78 is 5.30. The third-order valence-electron chi connectivity index (χ3n) is 3.14. The summed E-state index contributed by atoms with van der Waals surface area (Å²) in [6.07, 6.45) is 0. The number of carbonyl (C=O) groups excluding carboxylic acids is 3. The Morgan fingerprint density at radius 3 is 2.29 bits per heavy atom. The van der Waals surface area contributed by atoms with E-state index in [0.717, 1.165) is 3.57 Å². The summed E-state index contributed by atoms with van der Waals surface area (Å²) in [5, 5.41) is 5.22. The maximum Gasteiger partial charge on any atom is 0.325 e. The van der Waals surface area contributed by atoms with Crippen LogP contribution in [0, 0.1) is 3.57 Å². The van der Waals surface area contributed by atoms with Crippen molar-refractivity contribution in [2.75, 3.05) is 19.0 Å². The first kappa shape index (κ1) is 17.9. The largest absolute Gasteiger partial charge is 0.468 e. The Bertz CT molecular complexity index is 759. The van der Waals surface area contributed by atoms with Crippen molar-refractivity contribution in [3.8, 4) is 0 Å². The van der Waals surface area contributed by atoms with Crippen LogP contribution in [0.2, 0.25) is 0 Å². The van der Waals surface area contributed by atoms with Gasteiger partial charge in [0.05, 0.1) is 12.7 Å². The molecule has 2 rings (SSSR count). The number of rotatable bonds is 5. The van der Waals surface area contributed by atoms with Crippen LogP contribution in [0.4, 0.5) is 5.69 Å². The summed E-state index contributed by atoms with van der Waals surface area (Å²) in [4.78, 5) is 35.1. The molecule has 0 radical (unpaired) electrons. The van der Waals surface area contributed by atoms with Gasteiger partial charge >= 0.3 is 5.97 Å². The Morgan fingerprint density at radius 1 is 1.00 bits per heavy atom. The van der Waals surface area contributed by atoms with E-state index in [2.05, 4.69) is 38.0 Å². The second kappa shape index (κ2) is 8.44. The van der Waals surface area contributed by atoms with Crippen molar-refractivity contribution in [3.63, 3.8) is 0 Å². The monoisotopic (exact) mass is 438 g/mol. The van der Waals surface area contributed by atoms with Gasteiger partial charge in [-0.3, -0.25) is 14.4 Å². The third kappa shape index (κ3) is 4.79. The quantitative estimate of drug-likeness (QED) is 0.555. The van der Waals surface area contributed by atoms with Crippen molar-refractivity contribution in [2.24, 2.45) is 0 Å². The Kier molecular flexibility index (Phi) is 6.30. The Labute approximate surface area is 152 Å². The minimum atomic E-state index is -0.523. The summed E-state index contributed by atoms with van der Waals surface area (Å²) in [6.45, 7) is -0.194. The maximum absolute atomic E-state index is 12.2. The van der Waals surface area contributed by atoms with Crippen molar-refractivity contribution in [1.29, 1.82) is 0 Å². The van der Waals surface area contributed by atoms with Crippen LogP contribution in [0.5, 0.6) is 0 Å². The molecule has 6 nitrogen and oxygen atoms in total. The smallest absolute Gasteiger partial charge is 0.325 e. The van der Waals surface area contributed by atoms with Crippen molar-refractivity contribution >= 4 is 46.1 Å². The van der Waals surface area contributed by atoms with Gasteiger partial charge in [-0.05, 0) is 59.0 Å². The molecule has 0 aliphatic carbocycles. The molecule has 0 bridgehead atoms. The van der Waals surface area contributed by atoms with E-state index in [1.165, 1.54) is 7.11 Å². The Morgan fingerprint density at radius 2 is 1.67 bits per heavy atom. The normalized spacial score (nSPS) is 9.92. The Hall–Kier alpha value is -2.42. The van der Waals surface area contributed by atoms with E-state index >= 15 is 0 Å². The molecule has 0 heterocycles. The number of anilines is 1. The highest BCUT2D eigenvalue weighted by atomic mass is 127. The molecule has 0 saturated heterocycles. The molecule has 124 valence electrons. The molecule has 0 aromatic heterocycles. The van der Waals surface area contributed by atoms with Gasteiger partial charge in [-0.2, -0.15) is 0 Å². The molecule has 0 aliphatic heterocycles. The zero-order valence-corrected chi connectivity index (χ0v) is 15.0. The van der Waals surface area contributed by atoms with Crippen LogP contribution in [0.15, 0.2) is 48.5 Å². The fourth-order valence-electron chi connectivity index (χ4n) is 1.88. The molecule has 2 N–H and O–H groups in total. The molecule has 7 heteroatoms. The van der Waals surface area contributed by atoms with Gasteiger partial charge in [-0.15, -0.1) is 0 Å². The maximum atomic E-state index is 12.2. The number of amides is 2. The van der Waals surface area contributed by atoms with Gasteiger partial charge in [0.1, 0.15) is 6.54 Å². The number of carbonyl (C=O) groups is 3. The Balaban J connectivity index is 1.99. The topological polar surface area (TPSA) is 84.5 Å². The van der Waals surface area contributed by atoms with Gasteiger partial charge in [-0.1, -0.05) is 12.1 Å². The van der Waals surface area contributed by atoms with Crippen LogP contribution in [0.3, 0.4) is 0 Å². The van der Waals surface area contributed by atoms with Gasteiger partial charge in [0, 0.05) is 14.8 Å². The molecule has 2 aromatic rings. The summed E-state index contributed by atoms with van der Waals surface area (Å²) in [5.41, 5.74) is 1.54. The van der Waals surface area contributed by atoms with Crippen LogP contribution in [0.25, 0.3) is 0 Å². The first-order valence-electron chi connectivity index (χ1n) is 7.02. The number of hydrogen-bond donors (Lipinski definition) is 2. The first-order chi connectivity index (χ1) is 11.5. The average molecular weight is 438 g/mol. The zero-order chi connectivity index (χ0) is 17.5. The predicted molar refractivity (Wildman–Crippen MR) is 97.9 cm³/mol. The molecule has 0 fully saturated rings. The fraction of sp³-hybridized carbons (Fsp3) is 0.118. The fourth-order valence-corrected chi connectivity index (χ4v) is 2.51. The number of nitrogens with one attached hydrogen (secondary N) is 2. The van der Waals surface area contributed by atoms with Crippen LogP contribution in [-0.2, 0) is 9.53 Å². The van der Waals surface area contributed by atoms with E-state index in [0.29, 0.717) is 16.8 Å². The van der Waals surface area contributed by atoms with E-state index in [9.17, 15) is 14.4 Å². The van der Waals surface area contributed by atoms with E-state index in [4.69, 9.17) is 0 Å². The highest BCUT2D eigenvalue weighted by Gasteiger charge is 2.11. The lowest BCUT2D eigenvalue weighted by Crippen LogP contribution is -2.30. The highest BCUT2D eigenvalue weighted by molar-refractivity contribution is 14.1. The van der Waals surface area contributed by atoms with E-state index < -0.39 is 11.9 Å². The van der Waals surface area contributed by atoms with E-state index in [-0.39, 0.29) is 12.5 Å². The number of esters is 1. The number of methoxy groups -OCH3 is 1. The molecule has 24 heavy (non-hydrogen) atoms. The summed E-state index contributed by atoms with van der Waals surface area (Å²) in [7, 11) is 1.25. The molecule has 0 aliphatic rings. The second-order valence-corrected chi connectivity index (χ2v) is 5.93. The highest BCUT2D eigenvalue weighted by Crippen LogP contribution is 2.15. The molecule has 0 unspecified atom stereocenters. The summed E-state index contributed by atoms with van der Waals surface area (Å²) in [6, 6.07) is 13.6. The van der Waals surface area contributed by atoms with Crippen molar-refractivity contribution in [1.82, 2.24) is 5.32 Å². The van der Waals surface area contributed by atoms with Gasteiger partial charge in [0.2, 0.25) is 0 Å². The molecule has 2 amide bonds. The standard InChI is InChI=1S/C17H15IN2O4/c1-24-15(21)10-19-16(22)11-6-8-12(9-7-11)20-17(23)13-4-2-3-5-14(13)18/h2-9H,10H2,1H3,(H,19,22)(H,20,23).